The maximum absolute atomic E-state index is 11.1. The first-order chi connectivity index (χ1) is 8.56. The van der Waals surface area contributed by atoms with Gasteiger partial charge in [-0.05, 0) is 23.9 Å². The van der Waals surface area contributed by atoms with Crippen molar-refractivity contribution in [1.82, 2.24) is 15.0 Å². The van der Waals surface area contributed by atoms with Crippen molar-refractivity contribution in [2.45, 2.75) is 10.2 Å². The van der Waals surface area contributed by atoms with E-state index in [4.69, 9.17) is 10.8 Å². The highest BCUT2D eigenvalue weighted by molar-refractivity contribution is 7.99. The van der Waals surface area contributed by atoms with Crippen LogP contribution in [-0.4, -0.2) is 26.0 Å². The first kappa shape index (κ1) is 12.1. The molecule has 8 heteroatoms. The molecular weight excluding hydrogens is 256 g/mol. The summed E-state index contributed by atoms with van der Waals surface area (Å²) in [4.78, 5) is 32.1. The molecule has 92 valence electrons. The van der Waals surface area contributed by atoms with Gasteiger partial charge in [-0.3, -0.25) is 4.79 Å². The molecule has 0 aliphatic rings. The number of rotatable bonds is 3. The Morgan fingerprint density at radius 1 is 1.39 bits per heavy atom. The fraction of sp³-hybridized carbons (Fsp3) is 0. The number of hydrogen-bond acceptors (Lipinski definition) is 6. The van der Waals surface area contributed by atoms with E-state index in [-0.39, 0.29) is 16.3 Å². The average molecular weight is 264 g/mol. The predicted octanol–water partition coefficient (Wildman–Crippen LogP) is 0.596. The van der Waals surface area contributed by atoms with Gasteiger partial charge in [-0.25, -0.2) is 14.8 Å². The van der Waals surface area contributed by atoms with Gasteiger partial charge in [0.05, 0.1) is 5.69 Å². The molecule has 0 aliphatic carbocycles. The zero-order valence-electron chi connectivity index (χ0n) is 8.95. The van der Waals surface area contributed by atoms with Gasteiger partial charge in [0.1, 0.15) is 10.7 Å². The zero-order chi connectivity index (χ0) is 13.1. The molecule has 0 saturated carbocycles. The maximum Gasteiger partial charge on any atom is 0.354 e. The number of nitrogens with two attached hydrogens (primary N) is 1. The van der Waals surface area contributed by atoms with Gasteiger partial charge in [0, 0.05) is 12.3 Å². The number of carboxylic acid groups (broad SMARTS) is 1. The molecule has 7 nitrogen and oxygen atoms in total. The minimum atomic E-state index is -1.15. The van der Waals surface area contributed by atoms with Crippen LogP contribution in [0.5, 0.6) is 0 Å². The van der Waals surface area contributed by atoms with Gasteiger partial charge >= 0.3 is 5.97 Å². The number of nitrogen functional groups attached to an aromatic ring is 1. The summed E-state index contributed by atoms with van der Waals surface area (Å²) in [6.07, 6.45) is 1.35. The quantitative estimate of drug-likeness (QED) is 0.693. The highest BCUT2D eigenvalue weighted by atomic mass is 32.2. The van der Waals surface area contributed by atoms with Crippen LogP contribution in [0.4, 0.5) is 5.69 Å². The smallest absolute Gasteiger partial charge is 0.354 e. The molecule has 0 unspecified atom stereocenters. The minimum Gasteiger partial charge on any atom is -0.477 e. The number of aromatic amines is 1. The van der Waals surface area contributed by atoms with Crippen LogP contribution >= 0.6 is 11.8 Å². The Morgan fingerprint density at radius 2 is 2.17 bits per heavy atom. The largest absolute Gasteiger partial charge is 0.477 e. The molecule has 18 heavy (non-hydrogen) atoms. The summed E-state index contributed by atoms with van der Waals surface area (Å²) in [6, 6.07) is 4.03. The molecule has 0 aliphatic heterocycles. The fourth-order valence-electron chi connectivity index (χ4n) is 1.15. The Labute approximate surface area is 105 Å². The summed E-state index contributed by atoms with van der Waals surface area (Å²) in [7, 11) is 0. The molecule has 0 bridgehead atoms. The van der Waals surface area contributed by atoms with Gasteiger partial charge in [-0.2, -0.15) is 0 Å². The molecular formula is C10H8N4O3S. The predicted molar refractivity (Wildman–Crippen MR) is 64.6 cm³/mol. The van der Waals surface area contributed by atoms with Crippen LogP contribution in [0.2, 0.25) is 0 Å². The third-order valence-corrected chi connectivity index (χ3v) is 2.87. The van der Waals surface area contributed by atoms with Crippen LogP contribution in [0.1, 0.15) is 10.5 Å². The summed E-state index contributed by atoms with van der Waals surface area (Å²) in [6.45, 7) is 0. The molecule has 2 aromatic heterocycles. The van der Waals surface area contributed by atoms with E-state index in [1.165, 1.54) is 24.4 Å². The standard InChI is InChI=1S/C10H8N4O3S/c11-5-1-2-6(9(16)17)13-8(5)18-10-12-4-3-7(15)14-10/h1-4H,11H2,(H,16,17)(H,12,14,15). The summed E-state index contributed by atoms with van der Waals surface area (Å²) >= 11 is 0.994. The number of H-pyrrole nitrogens is 1. The lowest BCUT2D eigenvalue weighted by Crippen LogP contribution is -2.06. The Balaban J connectivity index is 2.36. The van der Waals surface area contributed by atoms with Crippen molar-refractivity contribution in [2.75, 3.05) is 5.73 Å². The van der Waals surface area contributed by atoms with Crippen molar-refractivity contribution in [3.63, 3.8) is 0 Å². The van der Waals surface area contributed by atoms with Crippen molar-refractivity contribution in [3.8, 4) is 0 Å². The molecule has 0 fully saturated rings. The molecule has 0 aromatic carbocycles. The Morgan fingerprint density at radius 3 is 2.83 bits per heavy atom. The monoisotopic (exact) mass is 264 g/mol. The highest BCUT2D eigenvalue weighted by Gasteiger charge is 2.10. The van der Waals surface area contributed by atoms with Gasteiger partial charge < -0.3 is 15.8 Å². The van der Waals surface area contributed by atoms with Crippen LogP contribution < -0.4 is 11.3 Å². The lowest BCUT2D eigenvalue weighted by Gasteiger charge is -2.04. The van der Waals surface area contributed by atoms with Crippen molar-refractivity contribution >= 4 is 23.4 Å². The van der Waals surface area contributed by atoms with Crippen LogP contribution in [0.3, 0.4) is 0 Å². The van der Waals surface area contributed by atoms with Gasteiger partial charge in [-0.1, -0.05) is 0 Å². The number of pyridine rings is 1. The molecule has 4 N–H and O–H groups in total. The third-order valence-electron chi connectivity index (χ3n) is 1.95. The van der Waals surface area contributed by atoms with Crippen LogP contribution in [0, 0.1) is 0 Å². The lowest BCUT2D eigenvalue weighted by atomic mass is 10.3. The molecule has 0 amide bonds. The van der Waals surface area contributed by atoms with Crippen molar-refractivity contribution in [1.29, 1.82) is 0 Å². The summed E-state index contributed by atoms with van der Waals surface area (Å²) < 4.78 is 0. The maximum atomic E-state index is 11.1. The van der Waals surface area contributed by atoms with Crippen molar-refractivity contribution in [2.24, 2.45) is 0 Å². The van der Waals surface area contributed by atoms with E-state index >= 15 is 0 Å². The molecule has 2 rings (SSSR count). The van der Waals surface area contributed by atoms with Crippen LogP contribution in [0.25, 0.3) is 0 Å². The first-order valence-corrected chi connectivity index (χ1v) is 5.61. The number of hydrogen-bond donors (Lipinski definition) is 3. The van der Waals surface area contributed by atoms with Gasteiger partial charge in [-0.15, -0.1) is 0 Å². The Hall–Kier alpha value is -2.35. The second-order valence-electron chi connectivity index (χ2n) is 3.24. The van der Waals surface area contributed by atoms with E-state index in [0.717, 1.165) is 11.8 Å². The second kappa shape index (κ2) is 4.88. The average Bonchev–Trinajstić information content (AvgIpc) is 2.31. The topological polar surface area (TPSA) is 122 Å². The van der Waals surface area contributed by atoms with E-state index in [1.54, 1.807) is 0 Å². The number of nitrogens with one attached hydrogen (secondary N) is 1. The first-order valence-electron chi connectivity index (χ1n) is 4.79. The lowest BCUT2D eigenvalue weighted by molar-refractivity contribution is 0.0690. The molecule has 0 saturated heterocycles. The minimum absolute atomic E-state index is 0.120. The summed E-state index contributed by atoms with van der Waals surface area (Å²) in [5.41, 5.74) is 5.57. The fourth-order valence-corrected chi connectivity index (χ4v) is 1.93. The zero-order valence-corrected chi connectivity index (χ0v) is 9.77. The number of anilines is 1. The molecule has 2 heterocycles. The number of aromatic nitrogens is 3. The second-order valence-corrected chi connectivity index (χ2v) is 4.21. The van der Waals surface area contributed by atoms with Crippen molar-refractivity contribution < 1.29 is 9.90 Å². The van der Waals surface area contributed by atoms with Crippen LogP contribution in [0.15, 0.2) is 39.4 Å². The third kappa shape index (κ3) is 2.66. The van der Waals surface area contributed by atoms with E-state index in [2.05, 4.69) is 15.0 Å². The molecule has 0 radical (unpaired) electrons. The van der Waals surface area contributed by atoms with Gasteiger partial charge in [0.25, 0.3) is 5.56 Å². The van der Waals surface area contributed by atoms with E-state index < -0.39 is 5.97 Å². The number of aromatic carboxylic acids is 1. The van der Waals surface area contributed by atoms with E-state index in [9.17, 15) is 9.59 Å². The number of carboxylic acids is 1. The summed E-state index contributed by atoms with van der Waals surface area (Å²) in [5, 5.41) is 9.40. The number of nitrogens with zero attached hydrogens (tertiary/aromatic N) is 2. The van der Waals surface area contributed by atoms with E-state index in [0.29, 0.717) is 10.8 Å². The van der Waals surface area contributed by atoms with Gasteiger partial charge in [0.2, 0.25) is 0 Å². The molecule has 0 atom stereocenters. The molecule has 2 aromatic rings. The summed E-state index contributed by atoms with van der Waals surface area (Å²) in [5.74, 6) is -1.15. The Bertz CT molecular complexity index is 656. The van der Waals surface area contributed by atoms with Crippen LogP contribution in [-0.2, 0) is 0 Å². The van der Waals surface area contributed by atoms with Gasteiger partial charge in [0.15, 0.2) is 5.16 Å². The SMILES string of the molecule is Nc1ccc(C(=O)O)nc1Sc1nccc(=O)[nH]1. The highest BCUT2D eigenvalue weighted by Crippen LogP contribution is 2.27. The number of carbonyl (C=O) groups is 1. The van der Waals surface area contributed by atoms with E-state index in [1.807, 2.05) is 0 Å². The molecule has 0 spiro atoms. The Kier molecular flexibility index (Phi) is 3.28. The normalized spacial score (nSPS) is 10.2. The van der Waals surface area contributed by atoms with Crippen molar-refractivity contribution in [3.05, 3.63) is 40.4 Å².